The van der Waals surface area contributed by atoms with E-state index in [-0.39, 0.29) is 33.4 Å². The van der Waals surface area contributed by atoms with Gasteiger partial charge in [0.1, 0.15) is 5.75 Å². The smallest absolute Gasteiger partial charge is 0.337 e. The van der Waals surface area contributed by atoms with Crippen LogP contribution in [-0.2, 0) is 10.2 Å². The maximum Gasteiger partial charge on any atom is 0.337 e. The van der Waals surface area contributed by atoms with Crippen LogP contribution in [0, 0.1) is 0 Å². The molecule has 0 radical (unpaired) electrons. The molecule has 2 aromatic rings. The quantitative estimate of drug-likeness (QED) is 0.627. The lowest BCUT2D eigenvalue weighted by Gasteiger charge is -2.19. The van der Waals surface area contributed by atoms with E-state index in [1.54, 1.807) is 12.1 Å². The number of hydrogen-bond donors (Lipinski definition) is 3. The molecule has 0 aliphatic rings. The molecule has 0 spiro atoms. The first-order valence-electron chi connectivity index (χ1n) is 8.43. The summed E-state index contributed by atoms with van der Waals surface area (Å²) in [5.41, 5.74) is 1.36. The van der Waals surface area contributed by atoms with E-state index in [1.807, 2.05) is 12.1 Å². The van der Waals surface area contributed by atoms with Crippen molar-refractivity contribution in [3.05, 3.63) is 58.6 Å². The first-order chi connectivity index (χ1) is 13.1. The molecule has 0 unspecified atom stereocenters. The molecule has 0 heterocycles. The lowest BCUT2D eigenvalue weighted by Crippen LogP contribution is -2.37. The fraction of sp³-hybridized carbons (Fsp3) is 0.250. The van der Waals surface area contributed by atoms with E-state index in [4.69, 9.17) is 28.6 Å². The SMILES string of the molecule is CC(C)(C)c1ccc(OCC(=O)NC(=S)Nc2ccc(Cl)cc2C(=O)O)cc1. The predicted octanol–water partition coefficient (Wildman–Crippen LogP) is 4.23. The van der Waals surface area contributed by atoms with Crippen LogP contribution in [0.1, 0.15) is 36.7 Å². The molecule has 0 aliphatic carbocycles. The molecule has 8 heteroatoms. The van der Waals surface area contributed by atoms with E-state index in [1.165, 1.54) is 18.2 Å². The number of thiocarbonyl (C=S) groups is 1. The number of halogens is 1. The van der Waals surface area contributed by atoms with Crippen molar-refractivity contribution in [2.24, 2.45) is 0 Å². The van der Waals surface area contributed by atoms with E-state index in [0.717, 1.165) is 5.56 Å². The van der Waals surface area contributed by atoms with Crippen LogP contribution in [0.2, 0.25) is 5.02 Å². The van der Waals surface area contributed by atoms with Gasteiger partial charge in [0, 0.05) is 5.02 Å². The van der Waals surface area contributed by atoms with Gasteiger partial charge in [-0.05, 0) is 53.5 Å². The van der Waals surface area contributed by atoms with Crippen molar-refractivity contribution in [2.75, 3.05) is 11.9 Å². The molecule has 1 amide bonds. The zero-order valence-electron chi connectivity index (χ0n) is 15.7. The summed E-state index contributed by atoms with van der Waals surface area (Å²) in [6.45, 7) is 6.10. The van der Waals surface area contributed by atoms with E-state index in [2.05, 4.69) is 31.4 Å². The normalized spacial score (nSPS) is 10.9. The highest BCUT2D eigenvalue weighted by atomic mass is 35.5. The first-order valence-corrected chi connectivity index (χ1v) is 9.22. The molecule has 148 valence electrons. The van der Waals surface area contributed by atoms with Crippen molar-refractivity contribution in [1.82, 2.24) is 5.32 Å². The van der Waals surface area contributed by atoms with Gasteiger partial charge in [0.2, 0.25) is 0 Å². The summed E-state index contributed by atoms with van der Waals surface area (Å²) >= 11 is 10.9. The van der Waals surface area contributed by atoms with Crippen LogP contribution in [0.15, 0.2) is 42.5 Å². The van der Waals surface area contributed by atoms with Gasteiger partial charge in [-0.3, -0.25) is 10.1 Å². The summed E-state index contributed by atoms with van der Waals surface area (Å²) in [6, 6.07) is 11.8. The Labute approximate surface area is 173 Å². The van der Waals surface area contributed by atoms with Crippen molar-refractivity contribution in [3.8, 4) is 5.75 Å². The molecule has 0 aromatic heterocycles. The summed E-state index contributed by atoms with van der Waals surface area (Å²) in [7, 11) is 0. The van der Waals surface area contributed by atoms with Crippen molar-refractivity contribution in [3.63, 3.8) is 0 Å². The number of anilines is 1. The van der Waals surface area contributed by atoms with Gasteiger partial charge in [0.25, 0.3) is 5.91 Å². The number of carboxylic acids is 1. The Balaban J connectivity index is 1.90. The Morgan fingerprint density at radius 2 is 1.79 bits per heavy atom. The third-order valence-corrected chi connectivity index (χ3v) is 4.24. The molecule has 6 nitrogen and oxygen atoms in total. The summed E-state index contributed by atoms with van der Waals surface area (Å²) in [4.78, 5) is 23.3. The first kappa shape index (κ1) is 21.7. The fourth-order valence-corrected chi connectivity index (χ4v) is 2.71. The van der Waals surface area contributed by atoms with E-state index < -0.39 is 11.9 Å². The summed E-state index contributed by atoms with van der Waals surface area (Å²) < 4.78 is 5.45. The van der Waals surface area contributed by atoms with Crippen LogP contribution >= 0.6 is 23.8 Å². The Kier molecular flexibility index (Phi) is 6.99. The Hall–Kier alpha value is -2.64. The van der Waals surface area contributed by atoms with E-state index >= 15 is 0 Å². The van der Waals surface area contributed by atoms with E-state index in [0.29, 0.717) is 5.75 Å². The molecule has 0 saturated heterocycles. The molecule has 0 atom stereocenters. The maximum atomic E-state index is 12.0. The van der Waals surface area contributed by atoms with Crippen LogP contribution in [0.25, 0.3) is 0 Å². The molecule has 2 aromatic carbocycles. The minimum absolute atomic E-state index is 0.0320. The number of carbonyl (C=O) groups excluding carboxylic acids is 1. The summed E-state index contributed by atoms with van der Waals surface area (Å²) in [5.74, 6) is -1.07. The second kappa shape index (κ2) is 9.03. The Morgan fingerprint density at radius 3 is 2.36 bits per heavy atom. The number of carboxylic acid groups (broad SMARTS) is 1. The molecule has 0 aliphatic heterocycles. The Bertz CT molecular complexity index is 892. The van der Waals surface area contributed by atoms with Gasteiger partial charge in [-0.1, -0.05) is 44.5 Å². The minimum Gasteiger partial charge on any atom is -0.484 e. The van der Waals surface area contributed by atoms with Crippen molar-refractivity contribution >= 4 is 46.5 Å². The van der Waals surface area contributed by atoms with Crippen molar-refractivity contribution in [2.45, 2.75) is 26.2 Å². The van der Waals surface area contributed by atoms with Crippen LogP contribution < -0.4 is 15.4 Å². The highest BCUT2D eigenvalue weighted by Gasteiger charge is 2.15. The number of carbonyl (C=O) groups is 2. The van der Waals surface area contributed by atoms with Gasteiger partial charge in [0.15, 0.2) is 11.7 Å². The highest BCUT2D eigenvalue weighted by molar-refractivity contribution is 7.80. The number of hydrogen-bond acceptors (Lipinski definition) is 4. The average Bonchev–Trinajstić information content (AvgIpc) is 2.61. The Morgan fingerprint density at radius 1 is 1.14 bits per heavy atom. The van der Waals surface area contributed by atoms with Gasteiger partial charge in [-0.2, -0.15) is 0 Å². The number of nitrogens with one attached hydrogen (secondary N) is 2. The second-order valence-electron chi connectivity index (χ2n) is 7.06. The lowest BCUT2D eigenvalue weighted by molar-refractivity contribution is -0.121. The van der Waals surface area contributed by atoms with Gasteiger partial charge in [-0.15, -0.1) is 0 Å². The maximum absolute atomic E-state index is 12.0. The van der Waals surface area contributed by atoms with E-state index in [9.17, 15) is 14.7 Å². The van der Waals surface area contributed by atoms with Gasteiger partial charge >= 0.3 is 5.97 Å². The van der Waals surface area contributed by atoms with Gasteiger partial charge in [0.05, 0.1) is 11.3 Å². The van der Waals surface area contributed by atoms with Gasteiger partial charge < -0.3 is 15.2 Å². The fourth-order valence-electron chi connectivity index (χ4n) is 2.32. The molecule has 0 fully saturated rings. The average molecular weight is 421 g/mol. The summed E-state index contributed by atoms with van der Waals surface area (Å²) in [6.07, 6.45) is 0. The number of rotatable bonds is 5. The standard InChI is InChI=1S/C20H21ClN2O4S/c1-20(2,3)12-4-7-14(8-5-12)27-11-17(24)23-19(28)22-16-9-6-13(21)10-15(16)18(25)26/h4-10H,11H2,1-3H3,(H,25,26)(H2,22,23,24,28). The van der Waals surface area contributed by atoms with Crippen molar-refractivity contribution in [1.29, 1.82) is 0 Å². The molecular formula is C20H21ClN2O4S. The van der Waals surface area contributed by atoms with Crippen LogP contribution in [0.3, 0.4) is 0 Å². The van der Waals surface area contributed by atoms with Gasteiger partial charge in [-0.25, -0.2) is 4.79 Å². The number of amides is 1. The van der Waals surface area contributed by atoms with Crippen LogP contribution in [0.4, 0.5) is 5.69 Å². The predicted molar refractivity (Wildman–Crippen MR) is 113 cm³/mol. The zero-order valence-corrected chi connectivity index (χ0v) is 17.3. The summed E-state index contributed by atoms with van der Waals surface area (Å²) in [5, 5.41) is 14.6. The lowest BCUT2D eigenvalue weighted by atomic mass is 9.87. The number of ether oxygens (including phenoxy) is 1. The third kappa shape index (κ3) is 6.21. The minimum atomic E-state index is -1.17. The number of aromatic carboxylic acids is 1. The zero-order chi connectivity index (χ0) is 20.9. The molecule has 0 saturated carbocycles. The molecule has 28 heavy (non-hydrogen) atoms. The topological polar surface area (TPSA) is 87.7 Å². The molecule has 3 N–H and O–H groups in total. The monoisotopic (exact) mass is 420 g/mol. The molecule has 2 rings (SSSR count). The third-order valence-electron chi connectivity index (χ3n) is 3.80. The largest absolute Gasteiger partial charge is 0.484 e. The molecular weight excluding hydrogens is 400 g/mol. The number of benzene rings is 2. The van der Waals surface area contributed by atoms with Crippen molar-refractivity contribution < 1.29 is 19.4 Å². The highest BCUT2D eigenvalue weighted by Crippen LogP contribution is 2.24. The van der Waals surface area contributed by atoms with Crippen LogP contribution in [0.5, 0.6) is 5.75 Å². The second-order valence-corrected chi connectivity index (χ2v) is 7.91. The van der Waals surface area contributed by atoms with Crippen LogP contribution in [-0.4, -0.2) is 28.7 Å². The molecule has 0 bridgehead atoms.